The summed E-state index contributed by atoms with van der Waals surface area (Å²) >= 11 is 0. The van der Waals surface area contributed by atoms with Crippen LogP contribution in [-0.2, 0) is 0 Å². The van der Waals surface area contributed by atoms with Crippen molar-refractivity contribution in [1.82, 2.24) is 15.0 Å². The van der Waals surface area contributed by atoms with Crippen LogP contribution in [0.5, 0.6) is 0 Å². The van der Waals surface area contributed by atoms with E-state index in [0.29, 0.717) is 17.5 Å². The average molecular weight is 299 g/mol. The van der Waals surface area contributed by atoms with Gasteiger partial charge in [0.15, 0.2) is 0 Å². The Morgan fingerprint density at radius 3 is 2.50 bits per heavy atom. The molecule has 0 aliphatic carbocycles. The van der Waals surface area contributed by atoms with Crippen molar-refractivity contribution in [2.75, 3.05) is 24.3 Å². The summed E-state index contributed by atoms with van der Waals surface area (Å²) in [6.45, 7) is 5.94. The molecule has 0 aliphatic heterocycles. The lowest BCUT2D eigenvalue weighted by Gasteiger charge is -2.14. The molecule has 2 aromatic heterocycles. The van der Waals surface area contributed by atoms with Gasteiger partial charge in [0, 0.05) is 25.5 Å². The molecule has 1 N–H and O–H groups in total. The molecule has 2 aromatic rings. The first-order valence-corrected chi connectivity index (χ1v) is 7.18. The Balaban J connectivity index is 2.32. The van der Waals surface area contributed by atoms with E-state index in [1.807, 2.05) is 47.0 Å². The quantitative estimate of drug-likeness (QED) is 0.939. The fourth-order valence-corrected chi connectivity index (χ4v) is 1.86. The highest BCUT2D eigenvalue weighted by atomic mass is 16.1. The molecule has 0 saturated heterocycles. The van der Waals surface area contributed by atoms with Crippen LogP contribution in [0.25, 0.3) is 0 Å². The molecule has 0 bridgehead atoms. The first-order chi connectivity index (χ1) is 10.4. The second-order valence-electron chi connectivity index (χ2n) is 5.65. The van der Waals surface area contributed by atoms with Crippen LogP contribution in [0.4, 0.5) is 11.8 Å². The zero-order valence-electron chi connectivity index (χ0n) is 13.6. The highest BCUT2D eigenvalue weighted by Crippen LogP contribution is 2.17. The van der Waals surface area contributed by atoms with E-state index in [0.717, 1.165) is 11.4 Å². The number of aryl methyl sites for hydroxylation is 1. The number of anilines is 2. The van der Waals surface area contributed by atoms with Gasteiger partial charge in [0.1, 0.15) is 11.5 Å². The van der Waals surface area contributed by atoms with Gasteiger partial charge >= 0.3 is 0 Å². The lowest BCUT2D eigenvalue weighted by molar-refractivity contribution is 0.102. The molecule has 22 heavy (non-hydrogen) atoms. The zero-order chi connectivity index (χ0) is 16.3. The Kier molecular flexibility index (Phi) is 4.70. The molecule has 0 atom stereocenters. The van der Waals surface area contributed by atoms with Crippen molar-refractivity contribution >= 4 is 17.7 Å². The number of nitrogens with one attached hydrogen (secondary N) is 1. The monoisotopic (exact) mass is 299 g/mol. The number of hydrogen-bond donors (Lipinski definition) is 1. The summed E-state index contributed by atoms with van der Waals surface area (Å²) in [6.07, 6.45) is 0. The summed E-state index contributed by atoms with van der Waals surface area (Å²) in [5, 5.41) is 2.77. The number of rotatable bonds is 4. The molecule has 116 valence electrons. The van der Waals surface area contributed by atoms with E-state index >= 15 is 0 Å². The number of carbonyl (C=O) groups is 1. The third kappa shape index (κ3) is 3.78. The van der Waals surface area contributed by atoms with Gasteiger partial charge < -0.3 is 10.2 Å². The second kappa shape index (κ2) is 6.51. The smallest absolute Gasteiger partial charge is 0.275 e. The molecular formula is C16H21N5O. The first-order valence-electron chi connectivity index (χ1n) is 7.18. The fourth-order valence-electron chi connectivity index (χ4n) is 1.86. The van der Waals surface area contributed by atoms with Crippen molar-refractivity contribution in [2.45, 2.75) is 26.7 Å². The summed E-state index contributed by atoms with van der Waals surface area (Å²) < 4.78 is 0. The van der Waals surface area contributed by atoms with Crippen LogP contribution in [0.1, 0.15) is 41.6 Å². The van der Waals surface area contributed by atoms with Crippen molar-refractivity contribution in [3.8, 4) is 0 Å². The van der Waals surface area contributed by atoms with Gasteiger partial charge in [-0.3, -0.25) is 4.79 Å². The number of nitrogens with zero attached hydrogens (tertiary/aromatic N) is 4. The molecule has 1 amide bonds. The van der Waals surface area contributed by atoms with Crippen molar-refractivity contribution < 1.29 is 4.79 Å². The zero-order valence-corrected chi connectivity index (χ0v) is 13.6. The number of carbonyl (C=O) groups excluding carboxylic acids is 1. The van der Waals surface area contributed by atoms with Gasteiger partial charge in [-0.05, 0) is 31.0 Å². The highest BCUT2D eigenvalue weighted by Gasteiger charge is 2.15. The molecule has 0 saturated carbocycles. The lowest BCUT2D eigenvalue weighted by Crippen LogP contribution is -2.20. The van der Waals surface area contributed by atoms with Gasteiger partial charge in [-0.25, -0.2) is 15.0 Å². The summed E-state index contributed by atoms with van der Waals surface area (Å²) in [6, 6.07) is 7.20. The number of aromatic nitrogens is 3. The van der Waals surface area contributed by atoms with Crippen LogP contribution in [0.3, 0.4) is 0 Å². The minimum atomic E-state index is -0.287. The summed E-state index contributed by atoms with van der Waals surface area (Å²) in [7, 11) is 3.70. The predicted molar refractivity (Wildman–Crippen MR) is 87.4 cm³/mol. The average Bonchev–Trinajstić information content (AvgIpc) is 2.46. The molecule has 2 heterocycles. The minimum absolute atomic E-state index is 0.213. The summed E-state index contributed by atoms with van der Waals surface area (Å²) in [5.74, 6) is 0.963. The third-order valence-corrected chi connectivity index (χ3v) is 3.09. The standard InChI is InChI=1S/C16H21N5O/c1-10(2)12-9-13(19-16(18-12)21(4)5)15(22)20-14-8-6-7-11(3)17-14/h6-10H,1-5H3,(H,17,20,22). The van der Waals surface area contributed by atoms with Crippen LogP contribution in [0.15, 0.2) is 24.3 Å². The number of hydrogen-bond acceptors (Lipinski definition) is 5. The third-order valence-electron chi connectivity index (χ3n) is 3.09. The van der Waals surface area contributed by atoms with Gasteiger partial charge in [0.25, 0.3) is 5.91 Å². The Labute approximate surface area is 130 Å². The predicted octanol–water partition coefficient (Wildman–Crippen LogP) is 2.62. The fraction of sp³-hybridized carbons (Fsp3) is 0.375. The Morgan fingerprint density at radius 1 is 1.18 bits per heavy atom. The Bertz CT molecular complexity index is 656. The van der Waals surface area contributed by atoms with Crippen LogP contribution >= 0.6 is 0 Å². The maximum absolute atomic E-state index is 12.4. The van der Waals surface area contributed by atoms with Gasteiger partial charge in [-0.15, -0.1) is 0 Å². The minimum Gasteiger partial charge on any atom is -0.347 e. The van der Waals surface area contributed by atoms with Crippen LogP contribution < -0.4 is 10.2 Å². The molecule has 6 nitrogen and oxygen atoms in total. The number of amides is 1. The SMILES string of the molecule is Cc1cccc(NC(=O)c2cc(C(C)C)nc(N(C)C)n2)n1. The van der Waals surface area contributed by atoms with E-state index in [1.54, 1.807) is 17.0 Å². The van der Waals surface area contributed by atoms with E-state index in [-0.39, 0.29) is 11.8 Å². The van der Waals surface area contributed by atoms with Gasteiger partial charge in [-0.1, -0.05) is 19.9 Å². The van der Waals surface area contributed by atoms with E-state index in [1.165, 1.54) is 0 Å². The molecule has 2 rings (SSSR count). The molecule has 0 aromatic carbocycles. The van der Waals surface area contributed by atoms with Crippen molar-refractivity contribution in [3.63, 3.8) is 0 Å². The van der Waals surface area contributed by atoms with E-state index < -0.39 is 0 Å². The molecule has 0 radical (unpaired) electrons. The van der Waals surface area contributed by atoms with Gasteiger partial charge in [0.2, 0.25) is 5.95 Å². The molecule has 0 fully saturated rings. The van der Waals surface area contributed by atoms with Gasteiger partial charge in [-0.2, -0.15) is 0 Å². The van der Waals surface area contributed by atoms with Crippen LogP contribution in [0.2, 0.25) is 0 Å². The topological polar surface area (TPSA) is 71.0 Å². The molecule has 0 spiro atoms. The van der Waals surface area contributed by atoms with E-state index in [2.05, 4.69) is 20.3 Å². The Morgan fingerprint density at radius 2 is 1.91 bits per heavy atom. The van der Waals surface area contributed by atoms with Crippen LogP contribution in [-0.4, -0.2) is 35.0 Å². The van der Waals surface area contributed by atoms with Crippen molar-refractivity contribution in [2.24, 2.45) is 0 Å². The molecular weight excluding hydrogens is 278 g/mol. The summed E-state index contributed by atoms with van der Waals surface area (Å²) in [5.41, 5.74) is 2.02. The maximum atomic E-state index is 12.4. The lowest BCUT2D eigenvalue weighted by atomic mass is 10.1. The molecule has 6 heteroatoms. The highest BCUT2D eigenvalue weighted by molar-refractivity contribution is 6.02. The Hall–Kier alpha value is -2.50. The van der Waals surface area contributed by atoms with Crippen LogP contribution in [0, 0.1) is 6.92 Å². The largest absolute Gasteiger partial charge is 0.347 e. The second-order valence-corrected chi connectivity index (χ2v) is 5.65. The normalized spacial score (nSPS) is 10.6. The maximum Gasteiger partial charge on any atom is 0.275 e. The number of pyridine rings is 1. The van der Waals surface area contributed by atoms with Crippen molar-refractivity contribution in [3.05, 3.63) is 41.3 Å². The first kappa shape index (κ1) is 15.9. The van der Waals surface area contributed by atoms with E-state index in [9.17, 15) is 4.79 Å². The van der Waals surface area contributed by atoms with Crippen molar-refractivity contribution in [1.29, 1.82) is 0 Å². The molecule has 0 aliphatic rings. The summed E-state index contributed by atoms with van der Waals surface area (Å²) in [4.78, 5) is 27.2. The van der Waals surface area contributed by atoms with E-state index in [4.69, 9.17) is 0 Å². The van der Waals surface area contributed by atoms with Gasteiger partial charge in [0.05, 0.1) is 0 Å². The molecule has 0 unspecified atom stereocenters.